The van der Waals surface area contributed by atoms with E-state index < -0.39 is 11.6 Å². The average molecular weight is 404 g/mol. The predicted molar refractivity (Wildman–Crippen MR) is 109 cm³/mol. The Morgan fingerprint density at radius 3 is 2.34 bits per heavy atom. The Hall–Kier alpha value is -2.97. The number of methoxy groups -OCH3 is 1. The first-order valence-electron chi connectivity index (χ1n) is 9.70. The highest BCUT2D eigenvalue weighted by Crippen LogP contribution is 2.34. The van der Waals surface area contributed by atoms with Crippen molar-refractivity contribution in [3.8, 4) is 5.75 Å². The lowest BCUT2D eigenvalue weighted by atomic mass is 10.2. The van der Waals surface area contributed by atoms with Crippen LogP contribution in [0.2, 0.25) is 0 Å². The van der Waals surface area contributed by atoms with Crippen LogP contribution in [0, 0.1) is 0 Å². The molecule has 3 rings (SSSR count). The third-order valence-corrected chi connectivity index (χ3v) is 4.80. The predicted octanol–water partition coefficient (Wildman–Crippen LogP) is 2.20. The first kappa shape index (κ1) is 20.8. The first-order valence-corrected chi connectivity index (χ1v) is 9.70. The molecular weight excluding hydrogens is 376 g/mol. The normalized spacial score (nSPS) is 17.9. The van der Waals surface area contributed by atoms with Crippen molar-refractivity contribution in [2.45, 2.75) is 32.8 Å². The van der Waals surface area contributed by atoms with Crippen molar-refractivity contribution < 1.29 is 23.9 Å². The summed E-state index contributed by atoms with van der Waals surface area (Å²) in [6.45, 7) is 8.34. The number of ether oxygens (including phenoxy) is 2. The summed E-state index contributed by atoms with van der Waals surface area (Å²) in [6.07, 6.45) is -0.0424. The standard InChI is InChI=1S/C20H28N4O5/c1-20(2,3)29-19(27)23-11-9-22(10-12-23)14-5-6-15(16(13-14)28-4)24-8-7-17(25)21-18(24)26/h5-6,13H,7-12H2,1-4H3,(H,21,25,26). The molecule has 2 fully saturated rings. The number of carbonyl (C=O) groups excluding carboxylic acids is 3. The molecule has 1 aromatic rings. The fourth-order valence-electron chi connectivity index (χ4n) is 3.35. The summed E-state index contributed by atoms with van der Waals surface area (Å²) < 4.78 is 10.9. The largest absolute Gasteiger partial charge is 0.494 e. The second-order valence-electron chi connectivity index (χ2n) is 8.07. The summed E-state index contributed by atoms with van der Waals surface area (Å²) in [4.78, 5) is 41.1. The Morgan fingerprint density at radius 1 is 1.07 bits per heavy atom. The van der Waals surface area contributed by atoms with E-state index in [2.05, 4.69) is 10.2 Å². The molecule has 1 N–H and O–H groups in total. The number of carbonyl (C=O) groups is 3. The Kier molecular flexibility index (Phi) is 5.86. The van der Waals surface area contributed by atoms with Crippen molar-refractivity contribution in [3.63, 3.8) is 0 Å². The number of imide groups is 1. The molecular formula is C20H28N4O5. The van der Waals surface area contributed by atoms with Crippen LogP contribution < -0.4 is 19.9 Å². The molecule has 158 valence electrons. The molecule has 0 bridgehead atoms. The monoisotopic (exact) mass is 404 g/mol. The van der Waals surface area contributed by atoms with Crippen LogP contribution >= 0.6 is 0 Å². The molecule has 2 aliphatic rings. The minimum absolute atomic E-state index is 0.253. The highest BCUT2D eigenvalue weighted by atomic mass is 16.6. The average Bonchev–Trinajstić information content (AvgIpc) is 2.66. The van der Waals surface area contributed by atoms with Gasteiger partial charge in [-0.2, -0.15) is 0 Å². The number of nitrogens with zero attached hydrogens (tertiary/aromatic N) is 3. The van der Waals surface area contributed by atoms with E-state index in [1.54, 1.807) is 12.0 Å². The molecule has 9 nitrogen and oxygen atoms in total. The molecule has 1 aromatic carbocycles. The van der Waals surface area contributed by atoms with E-state index >= 15 is 0 Å². The number of hydrogen-bond donors (Lipinski definition) is 1. The van der Waals surface area contributed by atoms with Crippen molar-refractivity contribution in [1.29, 1.82) is 0 Å². The van der Waals surface area contributed by atoms with Gasteiger partial charge in [0.2, 0.25) is 5.91 Å². The third kappa shape index (κ3) is 4.90. The number of nitrogens with one attached hydrogen (secondary N) is 1. The highest BCUT2D eigenvalue weighted by Gasteiger charge is 2.28. The van der Waals surface area contributed by atoms with E-state index in [4.69, 9.17) is 9.47 Å². The molecule has 29 heavy (non-hydrogen) atoms. The van der Waals surface area contributed by atoms with E-state index in [1.807, 2.05) is 39.0 Å². The third-order valence-electron chi connectivity index (χ3n) is 4.80. The van der Waals surface area contributed by atoms with Crippen molar-refractivity contribution in [3.05, 3.63) is 18.2 Å². The van der Waals surface area contributed by atoms with Gasteiger partial charge < -0.3 is 19.3 Å². The smallest absolute Gasteiger partial charge is 0.410 e. The number of anilines is 2. The van der Waals surface area contributed by atoms with Crippen LogP contribution in [0.5, 0.6) is 5.75 Å². The van der Waals surface area contributed by atoms with Gasteiger partial charge in [0.1, 0.15) is 11.4 Å². The molecule has 0 atom stereocenters. The summed E-state index contributed by atoms with van der Waals surface area (Å²) in [5.41, 5.74) is 1.06. The maximum Gasteiger partial charge on any atom is 0.410 e. The summed E-state index contributed by atoms with van der Waals surface area (Å²) in [5, 5.41) is 2.32. The minimum Gasteiger partial charge on any atom is -0.494 e. The highest BCUT2D eigenvalue weighted by molar-refractivity contribution is 6.06. The fraction of sp³-hybridized carbons (Fsp3) is 0.550. The van der Waals surface area contributed by atoms with Crippen molar-refractivity contribution in [2.24, 2.45) is 0 Å². The summed E-state index contributed by atoms with van der Waals surface area (Å²) in [5.74, 6) is 0.284. The van der Waals surface area contributed by atoms with Crippen molar-refractivity contribution in [1.82, 2.24) is 10.2 Å². The number of amides is 4. The Morgan fingerprint density at radius 2 is 1.76 bits per heavy atom. The maximum absolute atomic E-state index is 12.2. The molecule has 2 aliphatic heterocycles. The van der Waals surface area contributed by atoms with Gasteiger partial charge in [-0.15, -0.1) is 0 Å². The van der Waals surface area contributed by atoms with Gasteiger partial charge in [0, 0.05) is 50.9 Å². The van der Waals surface area contributed by atoms with E-state index in [-0.39, 0.29) is 18.4 Å². The lowest BCUT2D eigenvalue weighted by molar-refractivity contribution is -0.120. The van der Waals surface area contributed by atoms with Gasteiger partial charge in [0.05, 0.1) is 12.8 Å². The Balaban J connectivity index is 1.67. The van der Waals surface area contributed by atoms with Gasteiger partial charge in [-0.3, -0.25) is 15.0 Å². The van der Waals surface area contributed by atoms with Gasteiger partial charge in [-0.1, -0.05) is 0 Å². The van der Waals surface area contributed by atoms with Crippen LogP contribution in [-0.2, 0) is 9.53 Å². The molecule has 4 amide bonds. The molecule has 0 radical (unpaired) electrons. The molecule has 0 aromatic heterocycles. The number of piperazine rings is 1. The number of hydrogen-bond acceptors (Lipinski definition) is 6. The molecule has 0 unspecified atom stereocenters. The summed E-state index contributed by atoms with van der Waals surface area (Å²) in [7, 11) is 1.55. The second-order valence-corrected chi connectivity index (χ2v) is 8.07. The van der Waals surface area contributed by atoms with E-state index in [9.17, 15) is 14.4 Å². The molecule has 0 saturated carbocycles. The lowest BCUT2D eigenvalue weighted by Gasteiger charge is -2.37. The number of rotatable bonds is 3. The summed E-state index contributed by atoms with van der Waals surface area (Å²) in [6, 6.07) is 5.18. The minimum atomic E-state index is -0.511. The maximum atomic E-state index is 12.2. The van der Waals surface area contributed by atoms with Crippen LogP contribution in [0.15, 0.2) is 18.2 Å². The zero-order valence-corrected chi connectivity index (χ0v) is 17.4. The fourth-order valence-corrected chi connectivity index (χ4v) is 3.35. The van der Waals surface area contributed by atoms with Crippen LogP contribution in [0.4, 0.5) is 21.0 Å². The number of benzene rings is 1. The lowest BCUT2D eigenvalue weighted by Crippen LogP contribution is -2.50. The van der Waals surface area contributed by atoms with Gasteiger partial charge in [-0.25, -0.2) is 9.59 Å². The van der Waals surface area contributed by atoms with Crippen LogP contribution in [-0.4, -0.2) is 68.4 Å². The molecule has 9 heteroatoms. The van der Waals surface area contributed by atoms with Gasteiger partial charge in [-0.05, 0) is 32.9 Å². The zero-order valence-electron chi connectivity index (χ0n) is 17.4. The quantitative estimate of drug-likeness (QED) is 0.831. The molecule has 2 heterocycles. The number of urea groups is 1. The topological polar surface area (TPSA) is 91.4 Å². The van der Waals surface area contributed by atoms with Crippen LogP contribution in [0.25, 0.3) is 0 Å². The Bertz CT molecular complexity index is 797. The second kappa shape index (κ2) is 8.18. The van der Waals surface area contributed by atoms with Crippen LogP contribution in [0.1, 0.15) is 27.2 Å². The SMILES string of the molecule is COc1cc(N2CCN(C(=O)OC(C)(C)C)CC2)ccc1N1CCC(=O)NC1=O. The molecule has 0 spiro atoms. The van der Waals surface area contributed by atoms with Gasteiger partial charge >= 0.3 is 12.1 Å². The van der Waals surface area contributed by atoms with Crippen molar-refractivity contribution in [2.75, 3.05) is 49.6 Å². The first-order chi connectivity index (χ1) is 13.7. The van der Waals surface area contributed by atoms with Crippen LogP contribution in [0.3, 0.4) is 0 Å². The molecule has 2 saturated heterocycles. The zero-order chi connectivity index (χ0) is 21.2. The van der Waals surface area contributed by atoms with Gasteiger partial charge in [0.15, 0.2) is 0 Å². The summed E-state index contributed by atoms with van der Waals surface area (Å²) >= 11 is 0. The van der Waals surface area contributed by atoms with E-state index in [1.165, 1.54) is 4.90 Å². The van der Waals surface area contributed by atoms with E-state index in [0.717, 1.165) is 5.69 Å². The van der Waals surface area contributed by atoms with Gasteiger partial charge in [0.25, 0.3) is 0 Å². The Labute approximate surface area is 170 Å². The van der Waals surface area contributed by atoms with Crippen molar-refractivity contribution >= 4 is 29.4 Å². The molecule has 0 aliphatic carbocycles. The van der Waals surface area contributed by atoms with E-state index in [0.29, 0.717) is 44.2 Å².